The minimum Gasteiger partial charge on any atom is -0.444 e. The summed E-state index contributed by atoms with van der Waals surface area (Å²) in [6.45, 7) is 6.05. The van der Waals surface area contributed by atoms with E-state index in [1.807, 2.05) is 9.47 Å². The maximum atomic E-state index is 13.0. The summed E-state index contributed by atoms with van der Waals surface area (Å²) in [5, 5.41) is 5.95. The third-order valence-electron chi connectivity index (χ3n) is 4.69. The molecule has 0 aliphatic carbocycles. The fraction of sp³-hybridized carbons (Fsp3) is 0.562. The number of fused-ring (bicyclic) bond motifs is 2. The van der Waals surface area contributed by atoms with Crippen molar-refractivity contribution in [3.8, 4) is 0 Å². The first-order valence-electron chi connectivity index (χ1n) is 8.36. The summed E-state index contributed by atoms with van der Waals surface area (Å²) in [5.41, 5.74) is -0.712. The van der Waals surface area contributed by atoms with E-state index in [1.165, 1.54) is 0 Å². The van der Waals surface area contributed by atoms with E-state index in [0.717, 1.165) is 21.9 Å². The van der Waals surface area contributed by atoms with Gasteiger partial charge in [0, 0.05) is 6.54 Å². The standard InChI is InChI=1S/C16H19Br2N5O3/c1-15(2,3)26-14(25)20-13-19-12-16(21-13)5-4-6-22(16)11(24)9-7-8(17)10(18)23(9)12/h7,12H,4-6H2,1-3H3,(H2,19,20,21,25)/t12-,16+/m0/s1. The molecule has 0 aromatic carbocycles. The second kappa shape index (κ2) is 5.72. The van der Waals surface area contributed by atoms with Crippen LogP contribution < -0.4 is 10.6 Å². The topological polar surface area (TPSA) is 88.0 Å². The van der Waals surface area contributed by atoms with Gasteiger partial charge in [-0.25, -0.2) is 9.79 Å². The number of ether oxygens (including phenoxy) is 1. The molecule has 1 spiro atoms. The van der Waals surface area contributed by atoms with E-state index in [0.29, 0.717) is 18.2 Å². The molecule has 0 unspecified atom stereocenters. The van der Waals surface area contributed by atoms with Crippen LogP contribution in [0.4, 0.5) is 4.79 Å². The Hall–Kier alpha value is -1.55. The summed E-state index contributed by atoms with van der Waals surface area (Å²) in [5.74, 6) is 0.264. The van der Waals surface area contributed by atoms with Crippen LogP contribution in [0.3, 0.4) is 0 Å². The minimum atomic E-state index is -0.671. The lowest BCUT2D eigenvalue weighted by molar-refractivity contribution is 0.0321. The molecule has 26 heavy (non-hydrogen) atoms. The van der Waals surface area contributed by atoms with Gasteiger partial charge in [-0.05, 0) is 71.5 Å². The van der Waals surface area contributed by atoms with Gasteiger partial charge in [0.05, 0.1) is 4.47 Å². The Bertz CT molecular complexity index is 844. The molecule has 2 atom stereocenters. The number of carbonyl (C=O) groups is 2. The van der Waals surface area contributed by atoms with Crippen molar-refractivity contribution in [2.24, 2.45) is 4.99 Å². The number of rotatable bonds is 0. The Kier molecular flexibility index (Phi) is 3.93. The number of aromatic nitrogens is 1. The monoisotopic (exact) mass is 487 g/mol. The van der Waals surface area contributed by atoms with Gasteiger partial charge in [0.25, 0.3) is 5.91 Å². The van der Waals surface area contributed by atoms with Crippen molar-refractivity contribution in [1.82, 2.24) is 20.1 Å². The van der Waals surface area contributed by atoms with E-state index in [9.17, 15) is 9.59 Å². The fourth-order valence-electron chi connectivity index (χ4n) is 3.80. The first kappa shape index (κ1) is 17.8. The largest absolute Gasteiger partial charge is 0.444 e. The van der Waals surface area contributed by atoms with Crippen molar-refractivity contribution in [1.29, 1.82) is 0 Å². The molecule has 1 aromatic rings. The molecule has 140 valence electrons. The van der Waals surface area contributed by atoms with Crippen molar-refractivity contribution >= 4 is 49.8 Å². The number of halogens is 2. The van der Waals surface area contributed by atoms with Gasteiger partial charge in [0.2, 0.25) is 5.96 Å². The summed E-state index contributed by atoms with van der Waals surface area (Å²) in [4.78, 5) is 31.6. The predicted octanol–water partition coefficient (Wildman–Crippen LogP) is 2.94. The van der Waals surface area contributed by atoms with Crippen LogP contribution in [0, 0.1) is 0 Å². The number of amides is 2. The summed E-state index contributed by atoms with van der Waals surface area (Å²) in [6, 6.07) is 1.80. The van der Waals surface area contributed by atoms with Crippen LogP contribution in [0.5, 0.6) is 0 Å². The molecule has 0 bridgehead atoms. The Balaban J connectivity index is 1.70. The highest BCUT2D eigenvalue weighted by molar-refractivity contribution is 9.13. The van der Waals surface area contributed by atoms with Gasteiger partial charge in [-0.1, -0.05) is 0 Å². The maximum Gasteiger partial charge on any atom is 0.414 e. The molecule has 1 saturated heterocycles. The number of nitrogens with zero attached hydrogens (tertiary/aromatic N) is 3. The lowest BCUT2D eigenvalue weighted by atomic mass is 10.0. The Morgan fingerprint density at radius 3 is 2.88 bits per heavy atom. The van der Waals surface area contributed by atoms with Crippen molar-refractivity contribution < 1.29 is 14.3 Å². The number of alkyl carbamates (subject to hydrolysis) is 1. The SMILES string of the molecule is CC(C)(C)OC(=O)NC1=N[C@H]2n3c(cc(Br)c3Br)C(=O)N3CCC[C@]23N1. The Labute approximate surface area is 167 Å². The molecule has 0 radical (unpaired) electrons. The highest BCUT2D eigenvalue weighted by Gasteiger charge is 2.59. The van der Waals surface area contributed by atoms with Crippen LogP contribution in [-0.2, 0) is 4.74 Å². The minimum absolute atomic E-state index is 0.0497. The summed E-state index contributed by atoms with van der Waals surface area (Å²) < 4.78 is 8.71. The van der Waals surface area contributed by atoms with Crippen molar-refractivity contribution in [3.63, 3.8) is 0 Å². The van der Waals surface area contributed by atoms with Gasteiger partial charge < -0.3 is 19.5 Å². The molecular weight excluding hydrogens is 470 g/mol. The average Bonchev–Trinajstić information content (AvgIpc) is 3.16. The molecule has 1 fully saturated rings. The van der Waals surface area contributed by atoms with E-state index < -0.39 is 17.4 Å². The van der Waals surface area contributed by atoms with Crippen LogP contribution in [0.25, 0.3) is 0 Å². The number of hydrogen-bond donors (Lipinski definition) is 2. The maximum absolute atomic E-state index is 13.0. The van der Waals surface area contributed by atoms with Crippen LogP contribution in [0.2, 0.25) is 0 Å². The van der Waals surface area contributed by atoms with Gasteiger partial charge in [-0.15, -0.1) is 0 Å². The zero-order valence-electron chi connectivity index (χ0n) is 14.6. The molecule has 8 nitrogen and oxygen atoms in total. The van der Waals surface area contributed by atoms with E-state index >= 15 is 0 Å². The predicted molar refractivity (Wildman–Crippen MR) is 102 cm³/mol. The fourth-order valence-corrected chi connectivity index (χ4v) is 4.71. The normalized spacial score (nSPS) is 26.7. The average molecular weight is 489 g/mol. The molecule has 1 aromatic heterocycles. The van der Waals surface area contributed by atoms with Crippen molar-refractivity contribution in [2.75, 3.05) is 6.54 Å². The van der Waals surface area contributed by atoms with Crippen LogP contribution in [0.15, 0.2) is 20.1 Å². The van der Waals surface area contributed by atoms with Gasteiger partial charge in [-0.2, -0.15) is 0 Å². The highest BCUT2D eigenvalue weighted by Crippen LogP contribution is 2.48. The molecule has 3 aliphatic rings. The lowest BCUT2D eigenvalue weighted by Gasteiger charge is -2.43. The van der Waals surface area contributed by atoms with Crippen LogP contribution in [0.1, 0.15) is 50.3 Å². The molecule has 2 N–H and O–H groups in total. The Morgan fingerprint density at radius 1 is 1.46 bits per heavy atom. The van der Waals surface area contributed by atoms with Crippen LogP contribution >= 0.6 is 31.9 Å². The first-order valence-corrected chi connectivity index (χ1v) is 9.95. The van der Waals surface area contributed by atoms with Crippen molar-refractivity contribution in [3.05, 3.63) is 20.8 Å². The lowest BCUT2D eigenvalue weighted by Crippen LogP contribution is -2.64. The van der Waals surface area contributed by atoms with E-state index in [4.69, 9.17) is 4.74 Å². The molecule has 10 heteroatoms. The number of hydrogen-bond acceptors (Lipinski definition) is 5. The number of aliphatic imine (C=N–C) groups is 1. The zero-order chi connectivity index (χ0) is 18.9. The molecular formula is C16H19Br2N5O3. The molecule has 4 heterocycles. The number of guanidine groups is 1. The van der Waals surface area contributed by atoms with Gasteiger partial charge in [-0.3, -0.25) is 10.1 Å². The third kappa shape index (κ3) is 2.57. The zero-order valence-corrected chi connectivity index (χ0v) is 17.8. The molecule has 2 amide bonds. The quantitative estimate of drug-likeness (QED) is 0.587. The van der Waals surface area contributed by atoms with Gasteiger partial charge in [0.1, 0.15) is 15.9 Å². The second-order valence-corrected chi connectivity index (χ2v) is 9.23. The van der Waals surface area contributed by atoms with Gasteiger partial charge in [0.15, 0.2) is 11.8 Å². The summed E-state index contributed by atoms with van der Waals surface area (Å²) in [6.07, 6.45) is 0.660. The van der Waals surface area contributed by atoms with Crippen LogP contribution in [-0.4, -0.2) is 45.2 Å². The molecule has 3 aliphatic heterocycles. The number of nitrogens with one attached hydrogen (secondary N) is 2. The summed E-state index contributed by atoms with van der Waals surface area (Å²) >= 11 is 7.01. The van der Waals surface area contributed by atoms with E-state index in [1.54, 1.807) is 26.8 Å². The second-order valence-electron chi connectivity index (χ2n) is 7.63. The first-order chi connectivity index (χ1) is 12.1. The molecule has 0 saturated carbocycles. The number of carbonyl (C=O) groups excluding carboxylic acids is 2. The van der Waals surface area contributed by atoms with E-state index in [2.05, 4.69) is 47.5 Å². The Morgan fingerprint density at radius 2 is 2.19 bits per heavy atom. The van der Waals surface area contributed by atoms with E-state index in [-0.39, 0.29) is 12.1 Å². The molecule has 4 rings (SSSR count). The summed E-state index contributed by atoms with van der Waals surface area (Å²) in [7, 11) is 0. The van der Waals surface area contributed by atoms with Gasteiger partial charge >= 0.3 is 6.09 Å². The third-order valence-corrected chi connectivity index (χ3v) is 6.64. The highest BCUT2D eigenvalue weighted by atomic mass is 79.9. The van der Waals surface area contributed by atoms with Crippen molar-refractivity contribution in [2.45, 2.75) is 51.0 Å². The smallest absolute Gasteiger partial charge is 0.414 e.